The van der Waals surface area contributed by atoms with Crippen LogP contribution >= 0.6 is 11.3 Å². The molecule has 1 aliphatic rings. The van der Waals surface area contributed by atoms with Gasteiger partial charge in [-0.3, -0.25) is 0 Å². The summed E-state index contributed by atoms with van der Waals surface area (Å²) in [6, 6.07) is -0.164. The third kappa shape index (κ3) is 3.00. The summed E-state index contributed by atoms with van der Waals surface area (Å²) in [5.74, 6) is -1.02. The summed E-state index contributed by atoms with van der Waals surface area (Å²) in [4.78, 5) is 0. The zero-order valence-corrected chi connectivity index (χ0v) is 10.9. The second-order valence-corrected chi connectivity index (χ2v) is 5.90. The van der Waals surface area contributed by atoms with Gasteiger partial charge < -0.3 is 5.73 Å². The first kappa shape index (κ1) is 13.7. The molecule has 3 nitrogen and oxygen atoms in total. The molecule has 1 aromatic heterocycles. The van der Waals surface area contributed by atoms with Gasteiger partial charge in [-0.2, -0.15) is 13.2 Å². The van der Waals surface area contributed by atoms with Gasteiger partial charge in [0.15, 0.2) is 0 Å². The molecule has 1 fully saturated rings. The smallest absolute Gasteiger partial charge is 0.322 e. The van der Waals surface area contributed by atoms with Crippen LogP contribution in [0.4, 0.5) is 13.2 Å². The van der Waals surface area contributed by atoms with Crippen LogP contribution in [0.3, 0.4) is 0 Å². The molecule has 0 bridgehead atoms. The van der Waals surface area contributed by atoms with E-state index in [1.165, 1.54) is 11.3 Å². The molecule has 2 rings (SSSR count). The Hall–Kier alpha value is -0.690. The molecule has 0 aromatic carbocycles. The fourth-order valence-corrected chi connectivity index (χ4v) is 3.23. The Morgan fingerprint density at radius 1 is 1.22 bits per heavy atom. The summed E-state index contributed by atoms with van der Waals surface area (Å²) in [5, 5.41) is 9.62. The van der Waals surface area contributed by atoms with E-state index in [-0.39, 0.29) is 24.8 Å². The average Bonchev–Trinajstić information content (AvgIpc) is 2.77. The number of halogens is 3. The maximum atomic E-state index is 12.5. The van der Waals surface area contributed by atoms with Crippen LogP contribution in [0.15, 0.2) is 0 Å². The lowest BCUT2D eigenvalue weighted by molar-refractivity contribution is -0.182. The molecular formula is C11H16F3N3S. The Kier molecular flexibility index (Phi) is 3.91. The lowest BCUT2D eigenvalue weighted by Gasteiger charge is -2.28. The summed E-state index contributed by atoms with van der Waals surface area (Å²) >= 11 is 1.43. The van der Waals surface area contributed by atoms with Gasteiger partial charge in [0.25, 0.3) is 0 Å². The highest BCUT2D eigenvalue weighted by Crippen LogP contribution is 2.43. The third-order valence-corrected chi connectivity index (χ3v) is 4.67. The maximum Gasteiger partial charge on any atom is 0.391 e. The highest BCUT2D eigenvalue weighted by Gasteiger charge is 2.42. The number of alkyl halides is 3. The topological polar surface area (TPSA) is 51.8 Å². The predicted molar refractivity (Wildman–Crippen MR) is 63.3 cm³/mol. The van der Waals surface area contributed by atoms with Gasteiger partial charge in [0.1, 0.15) is 10.0 Å². The quantitative estimate of drug-likeness (QED) is 0.902. The molecule has 0 saturated heterocycles. The fourth-order valence-electron chi connectivity index (χ4n) is 2.26. The van der Waals surface area contributed by atoms with Gasteiger partial charge in [-0.1, -0.05) is 11.3 Å². The van der Waals surface area contributed by atoms with Crippen molar-refractivity contribution in [3.8, 4) is 0 Å². The molecule has 0 spiro atoms. The van der Waals surface area contributed by atoms with Gasteiger partial charge in [0.05, 0.1) is 12.0 Å². The Bertz CT molecular complexity index is 394. The van der Waals surface area contributed by atoms with Crippen molar-refractivity contribution in [1.29, 1.82) is 0 Å². The largest absolute Gasteiger partial charge is 0.391 e. The van der Waals surface area contributed by atoms with Crippen molar-refractivity contribution in [1.82, 2.24) is 10.2 Å². The minimum Gasteiger partial charge on any atom is -0.322 e. The Balaban J connectivity index is 1.97. The van der Waals surface area contributed by atoms with Crippen LogP contribution in [0.2, 0.25) is 0 Å². The molecule has 1 aliphatic carbocycles. The van der Waals surface area contributed by atoms with Gasteiger partial charge in [-0.25, -0.2) is 0 Å². The molecule has 1 unspecified atom stereocenters. The first-order valence-corrected chi connectivity index (χ1v) is 6.85. The molecular weight excluding hydrogens is 263 g/mol. The molecule has 1 heterocycles. The SMILES string of the molecule is CC(N)c1nnc(C2CCC(C(F)(F)F)CC2)s1. The predicted octanol–water partition coefficient (Wildman–Crippen LogP) is 3.39. The second kappa shape index (κ2) is 5.13. The summed E-state index contributed by atoms with van der Waals surface area (Å²) in [7, 11) is 0. The maximum absolute atomic E-state index is 12.5. The van der Waals surface area contributed by atoms with Crippen molar-refractivity contribution in [2.75, 3.05) is 0 Å². The number of nitrogens with zero attached hydrogens (tertiary/aromatic N) is 2. The molecule has 18 heavy (non-hydrogen) atoms. The van der Waals surface area contributed by atoms with Gasteiger partial charge in [0.2, 0.25) is 0 Å². The molecule has 0 aliphatic heterocycles. The van der Waals surface area contributed by atoms with Crippen molar-refractivity contribution in [2.45, 2.75) is 50.7 Å². The zero-order chi connectivity index (χ0) is 13.3. The number of aromatic nitrogens is 2. The van der Waals surface area contributed by atoms with Crippen LogP contribution in [0.25, 0.3) is 0 Å². The number of hydrogen-bond acceptors (Lipinski definition) is 4. The molecule has 7 heteroatoms. The van der Waals surface area contributed by atoms with E-state index in [2.05, 4.69) is 10.2 Å². The van der Waals surface area contributed by atoms with Crippen molar-refractivity contribution >= 4 is 11.3 Å². The van der Waals surface area contributed by atoms with E-state index < -0.39 is 12.1 Å². The van der Waals surface area contributed by atoms with E-state index in [4.69, 9.17) is 5.73 Å². The molecule has 1 saturated carbocycles. The molecule has 0 amide bonds. The summed E-state index contributed by atoms with van der Waals surface area (Å²) < 4.78 is 37.6. The van der Waals surface area contributed by atoms with Crippen LogP contribution in [-0.4, -0.2) is 16.4 Å². The molecule has 102 valence electrons. The minimum absolute atomic E-state index is 0.119. The van der Waals surface area contributed by atoms with Crippen LogP contribution < -0.4 is 5.73 Å². The third-order valence-electron chi connectivity index (χ3n) is 3.39. The van der Waals surface area contributed by atoms with Crippen LogP contribution in [0.1, 0.15) is 54.6 Å². The number of rotatable bonds is 2. The van der Waals surface area contributed by atoms with E-state index in [1.54, 1.807) is 0 Å². The monoisotopic (exact) mass is 279 g/mol. The Morgan fingerprint density at radius 3 is 2.28 bits per heavy atom. The van der Waals surface area contributed by atoms with Crippen LogP contribution in [-0.2, 0) is 0 Å². The summed E-state index contributed by atoms with van der Waals surface area (Å²) in [6.45, 7) is 1.82. The standard InChI is InChI=1S/C11H16F3N3S/c1-6(15)9-16-17-10(18-9)7-2-4-8(5-3-7)11(12,13)14/h6-8H,2-5,15H2,1H3. The van der Waals surface area contributed by atoms with E-state index >= 15 is 0 Å². The van der Waals surface area contributed by atoms with Crippen molar-refractivity contribution in [2.24, 2.45) is 11.7 Å². The van der Waals surface area contributed by atoms with Crippen molar-refractivity contribution < 1.29 is 13.2 Å². The second-order valence-electron chi connectivity index (χ2n) is 4.86. The van der Waals surface area contributed by atoms with Crippen molar-refractivity contribution in [3.63, 3.8) is 0 Å². The van der Waals surface area contributed by atoms with Crippen LogP contribution in [0.5, 0.6) is 0 Å². The van der Waals surface area contributed by atoms with E-state index in [0.29, 0.717) is 12.8 Å². The molecule has 2 N–H and O–H groups in total. The number of nitrogens with two attached hydrogens (primary N) is 1. The summed E-state index contributed by atoms with van der Waals surface area (Å²) in [5.41, 5.74) is 5.69. The Labute approximate surface area is 108 Å². The average molecular weight is 279 g/mol. The van der Waals surface area contributed by atoms with Gasteiger partial charge in [-0.15, -0.1) is 10.2 Å². The first-order chi connectivity index (χ1) is 8.38. The normalized spacial score (nSPS) is 27.2. The first-order valence-electron chi connectivity index (χ1n) is 6.03. The van der Waals surface area contributed by atoms with E-state index in [1.807, 2.05) is 6.92 Å². The molecule has 1 atom stereocenters. The molecule has 0 radical (unpaired) electrons. The minimum atomic E-state index is -4.05. The highest BCUT2D eigenvalue weighted by molar-refractivity contribution is 7.11. The van der Waals surface area contributed by atoms with Crippen LogP contribution in [0, 0.1) is 5.92 Å². The highest BCUT2D eigenvalue weighted by atomic mass is 32.1. The lowest BCUT2D eigenvalue weighted by atomic mass is 9.82. The summed E-state index contributed by atoms with van der Waals surface area (Å²) in [6.07, 6.45) is -2.58. The molecule has 1 aromatic rings. The Morgan fingerprint density at radius 2 is 1.83 bits per heavy atom. The zero-order valence-electron chi connectivity index (χ0n) is 10.1. The number of hydrogen-bond donors (Lipinski definition) is 1. The van der Waals surface area contributed by atoms with Gasteiger partial charge in [-0.05, 0) is 32.6 Å². The lowest BCUT2D eigenvalue weighted by Crippen LogP contribution is -2.27. The fraction of sp³-hybridized carbons (Fsp3) is 0.818. The van der Waals surface area contributed by atoms with Gasteiger partial charge >= 0.3 is 6.18 Å². The van der Waals surface area contributed by atoms with Gasteiger partial charge in [0, 0.05) is 5.92 Å². The van der Waals surface area contributed by atoms with Crippen molar-refractivity contribution in [3.05, 3.63) is 10.0 Å². The van der Waals surface area contributed by atoms with E-state index in [9.17, 15) is 13.2 Å². The van der Waals surface area contributed by atoms with E-state index in [0.717, 1.165) is 10.0 Å².